The van der Waals surface area contributed by atoms with E-state index in [-0.39, 0.29) is 21.4 Å². The zero-order valence-corrected chi connectivity index (χ0v) is 18.6. The largest absolute Gasteiger partial charge is 0.507 e. The number of aromatic nitrogens is 2. The van der Waals surface area contributed by atoms with Crippen LogP contribution in [0.4, 0.5) is 0 Å². The van der Waals surface area contributed by atoms with Crippen LogP contribution in [0.2, 0.25) is 0 Å². The molecule has 1 aromatic heterocycles. The number of fused-ring (bicyclic) bond motifs is 3. The molecule has 0 amide bonds. The maximum absolute atomic E-state index is 12.0. The molecule has 0 bridgehead atoms. The van der Waals surface area contributed by atoms with Crippen LogP contribution in [0.25, 0.3) is 44.3 Å². The highest BCUT2D eigenvalue weighted by molar-refractivity contribution is 7.86. The van der Waals surface area contributed by atoms with E-state index in [9.17, 15) is 18.1 Å². The summed E-state index contributed by atoms with van der Waals surface area (Å²) in [4.78, 5) is 7.46. The molecule has 7 nitrogen and oxygen atoms in total. The van der Waals surface area contributed by atoms with Crippen LogP contribution in [-0.4, -0.2) is 35.2 Å². The topological polar surface area (TPSA) is 113 Å². The average Bonchev–Trinajstić information content (AvgIpc) is 3.22. The van der Waals surface area contributed by atoms with Crippen molar-refractivity contribution in [1.29, 1.82) is 0 Å². The van der Waals surface area contributed by atoms with Gasteiger partial charge in [-0.25, -0.2) is 4.98 Å². The van der Waals surface area contributed by atoms with E-state index < -0.39 is 10.1 Å². The van der Waals surface area contributed by atoms with E-state index in [1.165, 1.54) is 24.3 Å². The Kier molecular flexibility index (Phi) is 4.84. The number of aromatic hydroxyl groups is 1. The molecule has 5 aromatic rings. The first-order valence-electron chi connectivity index (χ1n) is 10.1. The number of ether oxygens (including phenoxy) is 1. The average molecular weight is 461 g/mol. The minimum atomic E-state index is -4.53. The van der Waals surface area contributed by atoms with Crippen molar-refractivity contribution in [3.8, 4) is 34.0 Å². The molecule has 0 aliphatic carbocycles. The Bertz CT molecular complexity index is 1660. The molecule has 33 heavy (non-hydrogen) atoms. The highest BCUT2D eigenvalue weighted by Gasteiger charge is 2.21. The van der Waals surface area contributed by atoms with Gasteiger partial charge in [0.25, 0.3) is 10.1 Å². The van der Waals surface area contributed by atoms with Gasteiger partial charge in [-0.1, -0.05) is 42.5 Å². The van der Waals surface area contributed by atoms with Crippen molar-refractivity contribution in [2.24, 2.45) is 0 Å². The molecule has 0 saturated carbocycles. The van der Waals surface area contributed by atoms with Crippen molar-refractivity contribution in [3.05, 3.63) is 72.3 Å². The first kappa shape index (κ1) is 21.0. The molecule has 1 heterocycles. The van der Waals surface area contributed by atoms with Crippen LogP contribution < -0.4 is 4.74 Å². The van der Waals surface area contributed by atoms with E-state index in [0.717, 1.165) is 16.7 Å². The van der Waals surface area contributed by atoms with Crippen molar-refractivity contribution < 1.29 is 22.8 Å². The summed E-state index contributed by atoms with van der Waals surface area (Å²) in [6, 6.07) is 19.6. The molecule has 0 radical (unpaired) electrons. The van der Waals surface area contributed by atoms with Crippen LogP contribution >= 0.6 is 0 Å². The molecule has 0 aliphatic heterocycles. The summed E-state index contributed by atoms with van der Waals surface area (Å²) < 4.78 is 39.4. The minimum absolute atomic E-state index is 0.136. The molecule has 166 valence electrons. The van der Waals surface area contributed by atoms with Crippen molar-refractivity contribution >= 4 is 31.9 Å². The van der Waals surface area contributed by atoms with Gasteiger partial charge in [0.05, 0.1) is 23.6 Å². The van der Waals surface area contributed by atoms with E-state index in [0.29, 0.717) is 28.2 Å². The summed E-state index contributed by atoms with van der Waals surface area (Å²) in [5, 5.41) is 10.9. The number of phenols is 1. The smallest absolute Gasteiger partial charge is 0.295 e. The van der Waals surface area contributed by atoms with Gasteiger partial charge in [0.1, 0.15) is 27.7 Å². The Morgan fingerprint density at radius 2 is 1.76 bits per heavy atom. The number of nitrogens with one attached hydrogen (secondary N) is 1. The van der Waals surface area contributed by atoms with Crippen LogP contribution in [0, 0.1) is 6.92 Å². The molecule has 8 heteroatoms. The second-order valence-corrected chi connectivity index (χ2v) is 9.15. The van der Waals surface area contributed by atoms with Gasteiger partial charge in [0, 0.05) is 5.39 Å². The molecule has 5 rings (SSSR count). The lowest BCUT2D eigenvalue weighted by atomic mass is 9.99. The van der Waals surface area contributed by atoms with Gasteiger partial charge in [-0.2, -0.15) is 8.42 Å². The third-order valence-corrected chi connectivity index (χ3v) is 6.64. The van der Waals surface area contributed by atoms with Crippen molar-refractivity contribution in [3.63, 3.8) is 0 Å². The summed E-state index contributed by atoms with van der Waals surface area (Å²) >= 11 is 0. The molecule has 0 saturated heterocycles. The number of rotatable bonds is 4. The first-order chi connectivity index (χ1) is 15.8. The lowest BCUT2D eigenvalue weighted by Gasteiger charge is -2.11. The van der Waals surface area contributed by atoms with Crippen LogP contribution in [0.5, 0.6) is 11.5 Å². The fourth-order valence-corrected chi connectivity index (χ4v) is 4.89. The number of H-pyrrole nitrogens is 1. The lowest BCUT2D eigenvalue weighted by Crippen LogP contribution is -1.99. The summed E-state index contributed by atoms with van der Waals surface area (Å²) in [7, 11) is -2.96. The highest BCUT2D eigenvalue weighted by Crippen LogP contribution is 2.39. The fourth-order valence-electron chi connectivity index (χ4n) is 4.18. The Hall–Kier alpha value is -3.88. The second-order valence-electron chi connectivity index (χ2n) is 7.76. The van der Waals surface area contributed by atoms with Gasteiger partial charge in [-0.05, 0) is 47.9 Å². The van der Waals surface area contributed by atoms with Crippen LogP contribution in [0.3, 0.4) is 0 Å². The predicted octanol–water partition coefficient (Wildman–Crippen LogP) is 5.32. The van der Waals surface area contributed by atoms with Gasteiger partial charge in [-0.3, -0.25) is 4.55 Å². The second kappa shape index (κ2) is 7.61. The number of nitrogens with zero attached hydrogens (tertiary/aromatic N) is 1. The molecule has 0 unspecified atom stereocenters. The quantitative estimate of drug-likeness (QED) is 0.313. The van der Waals surface area contributed by atoms with Crippen LogP contribution in [0.15, 0.2) is 71.6 Å². The van der Waals surface area contributed by atoms with Gasteiger partial charge < -0.3 is 14.8 Å². The van der Waals surface area contributed by atoms with Gasteiger partial charge in [0.2, 0.25) is 0 Å². The van der Waals surface area contributed by atoms with Crippen LogP contribution in [0.1, 0.15) is 5.56 Å². The molecular weight excluding hydrogens is 440 g/mol. The zero-order valence-electron chi connectivity index (χ0n) is 17.8. The van der Waals surface area contributed by atoms with Crippen molar-refractivity contribution in [1.82, 2.24) is 9.97 Å². The summed E-state index contributed by atoms with van der Waals surface area (Å²) in [6.45, 7) is 2.04. The zero-order chi connectivity index (χ0) is 23.3. The van der Waals surface area contributed by atoms with Gasteiger partial charge in [0.15, 0.2) is 0 Å². The fraction of sp³-hybridized carbons (Fsp3) is 0.0800. The number of methoxy groups -OCH3 is 1. The number of benzene rings is 4. The maximum atomic E-state index is 12.0. The van der Waals surface area contributed by atoms with E-state index in [4.69, 9.17) is 4.74 Å². The molecule has 0 fully saturated rings. The molecule has 0 aliphatic rings. The number of aryl methyl sites for hydroxylation is 1. The summed E-state index contributed by atoms with van der Waals surface area (Å²) in [5.41, 5.74) is 4.62. The third kappa shape index (κ3) is 3.49. The monoisotopic (exact) mass is 460 g/mol. The molecule has 3 N–H and O–H groups in total. The standard InChI is InChI=1S/C25H20N2O5S/c1-14-6-3-4-7-16(14)15-10-11-17(21(12-15)32-2)25-26-19-13-22(33(29,30)31)18-8-5-9-20(28)23(18)24(19)27-25/h3-13,28H,1-2H3,(H,26,27)(H,29,30,31). The summed E-state index contributed by atoms with van der Waals surface area (Å²) in [5.74, 6) is 0.886. The Balaban J connectivity index is 1.75. The number of imidazole rings is 1. The normalized spacial score (nSPS) is 11.8. The number of hydrogen-bond acceptors (Lipinski definition) is 5. The number of hydrogen-bond donors (Lipinski definition) is 3. The molecule has 4 aromatic carbocycles. The Morgan fingerprint density at radius 3 is 2.48 bits per heavy atom. The number of aromatic amines is 1. The Morgan fingerprint density at radius 1 is 0.970 bits per heavy atom. The highest BCUT2D eigenvalue weighted by atomic mass is 32.2. The maximum Gasteiger partial charge on any atom is 0.295 e. The minimum Gasteiger partial charge on any atom is -0.507 e. The lowest BCUT2D eigenvalue weighted by molar-refractivity contribution is 0.416. The summed E-state index contributed by atoms with van der Waals surface area (Å²) in [6.07, 6.45) is 0. The first-order valence-corrected chi connectivity index (χ1v) is 11.6. The van der Waals surface area contributed by atoms with E-state index in [2.05, 4.69) is 9.97 Å². The van der Waals surface area contributed by atoms with Gasteiger partial charge in [-0.15, -0.1) is 0 Å². The van der Waals surface area contributed by atoms with Crippen molar-refractivity contribution in [2.45, 2.75) is 11.8 Å². The molecule has 0 atom stereocenters. The Labute approximate surface area is 190 Å². The molecular formula is C25H20N2O5S. The molecule has 0 spiro atoms. The van der Waals surface area contributed by atoms with E-state index in [1.807, 2.05) is 49.4 Å². The van der Waals surface area contributed by atoms with E-state index in [1.54, 1.807) is 7.11 Å². The third-order valence-electron chi connectivity index (χ3n) is 5.74. The van der Waals surface area contributed by atoms with Gasteiger partial charge >= 0.3 is 0 Å². The number of phenolic OH excluding ortho intramolecular Hbond substituents is 1. The van der Waals surface area contributed by atoms with Crippen molar-refractivity contribution in [2.75, 3.05) is 7.11 Å². The predicted molar refractivity (Wildman–Crippen MR) is 127 cm³/mol. The van der Waals surface area contributed by atoms with E-state index >= 15 is 0 Å². The van der Waals surface area contributed by atoms with Crippen LogP contribution in [-0.2, 0) is 10.1 Å². The SMILES string of the molecule is COc1cc(-c2ccccc2C)ccc1-c1nc2c(cc(S(=O)(=O)O)c3cccc(O)c32)[nH]1.